The van der Waals surface area contributed by atoms with E-state index in [1.807, 2.05) is 43.3 Å². The number of imide groups is 1. The van der Waals surface area contributed by atoms with Crippen LogP contribution >= 0.6 is 0 Å². The highest BCUT2D eigenvalue weighted by Gasteiger charge is 2.61. The first-order valence-corrected chi connectivity index (χ1v) is 11.9. The molecule has 9 heteroatoms. The van der Waals surface area contributed by atoms with Gasteiger partial charge in [0.15, 0.2) is 17.6 Å². The van der Waals surface area contributed by atoms with Crippen LogP contribution in [-0.4, -0.2) is 45.9 Å². The third-order valence-electron chi connectivity index (χ3n) is 6.57. The second-order valence-corrected chi connectivity index (χ2v) is 8.52. The summed E-state index contributed by atoms with van der Waals surface area (Å²) in [4.78, 5) is 35.0. The number of fused-ring (bicyclic) bond motifs is 1. The number of carbonyl (C=O) groups is 2. The number of carbonyl (C=O) groups excluding carboxylic acids is 2. The Kier molecular flexibility index (Phi) is 6.62. The third-order valence-corrected chi connectivity index (χ3v) is 6.57. The molecule has 3 aromatic rings. The Hall–Kier alpha value is -4.24. The van der Waals surface area contributed by atoms with Gasteiger partial charge in [-0.3, -0.25) is 14.4 Å². The van der Waals surface area contributed by atoms with E-state index in [0.29, 0.717) is 46.5 Å². The predicted molar refractivity (Wildman–Crippen MR) is 136 cm³/mol. The van der Waals surface area contributed by atoms with Crippen LogP contribution in [0.5, 0.6) is 23.0 Å². The molecule has 2 fully saturated rings. The summed E-state index contributed by atoms with van der Waals surface area (Å²) in [5.41, 5.74) is 1.76. The number of benzene rings is 3. The molecule has 0 saturated carbocycles. The number of nitrogens with zero attached hydrogens (tertiary/aromatic N) is 2. The largest absolute Gasteiger partial charge is 0.494 e. The zero-order valence-corrected chi connectivity index (χ0v) is 21.0. The van der Waals surface area contributed by atoms with Crippen molar-refractivity contribution in [1.82, 2.24) is 0 Å². The highest BCUT2D eigenvalue weighted by molar-refractivity contribution is 6.24. The van der Waals surface area contributed by atoms with Crippen molar-refractivity contribution in [3.05, 3.63) is 72.3 Å². The minimum atomic E-state index is -1.02. The monoisotopic (exact) mass is 504 g/mol. The highest BCUT2D eigenvalue weighted by Crippen LogP contribution is 2.52. The van der Waals surface area contributed by atoms with Gasteiger partial charge >= 0.3 is 0 Å². The number of amides is 2. The van der Waals surface area contributed by atoms with Gasteiger partial charge in [-0.05, 0) is 43.3 Å². The number of anilines is 2. The van der Waals surface area contributed by atoms with Gasteiger partial charge < -0.3 is 18.9 Å². The highest BCUT2D eigenvalue weighted by atomic mass is 16.7. The normalized spacial score (nSPS) is 20.7. The Balaban J connectivity index is 1.63. The second kappa shape index (κ2) is 10.0. The van der Waals surface area contributed by atoms with Crippen LogP contribution in [0.3, 0.4) is 0 Å². The van der Waals surface area contributed by atoms with Crippen molar-refractivity contribution >= 4 is 23.2 Å². The molecule has 3 atom stereocenters. The standard InChI is InChI=1S/C28H28N2O7/c1-5-36-19-13-9-12-18(16-19)29-27(31)22-23(20-14-15-21(33-2)25(35-4)24(20)34-3)30(37-26(22)28(29)32)17-10-7-6-8-11-17/h6-16,22-23,26H,5H2,1-4H3/t22-,23-,26+/m1/s1. The number of ether oxygens (including phenoxy) is 4. The topological polar surface area (TPSA) is 86.8 Å². The molecule has 2 heterocycles. The van der Waals surface area contributed by atoms with Crippen molar-refractivity contribution in [2.75, 3.05) is 37.9 Å². The molecule has 0 bridgehead atoms. The van der Waals surface area contributed by atoms with E-state index in [1.165, 1.54) is 26.2 Å². The van der Waals surface area contributed by atoms with Gasteiger partial charge in [-0.1, -0.05) is 24.3 Å². The number of hydrogen-bond acceptors (Lipinski definition) is 8. The lowest BCUT2D eigenvalue weighted by Crippen LogP contribution is -2.37. The van der Waals surface area contributed by atoms with Crippen molar-refractivity contribution in [1.29, 1.82) is 0 Å². The van der Waals surface area contributed by atoms with Crippen molar-refractivity contribution in [3.63, 3.8) is 0 Å². The summed E-state index contributed by atoms with van der Waals surface area (Å²) in [5, 5.41) is 1.61. The molecule has 0 spiro atoms. The van der Waals surface area contributed by atoms with Crippen LogP contribution in [0.15, 0.2) is 66.7 Å². The maximum Gasteiger partial charge on any atom is 0.266 e. The summed E-state index contributed by atoms with van der Waals surface area (Å²) in [7, 11) is 4.58. The third kappa shape index (κ3) is 4.01. The Labute approximate surface area is 215 Å². The molecule has 37 heavy (non-hydrogen) atoms. The van der Waals surface area contributed by atoms with E-state index in [-0.39, 0.29) is 5.91 Å². The number of para-hydroxylation sites is 1. The van der Waals surface area contributed by atoms with Crippen molar-refractivity contribution in [3.8, 4) is 23.0 Å². The predicted octanol–water partition coefficient (Wildman–Crippen LogP) is 4.16. The molecule has 9 nitrogen and oxygen atoms in total. The maximum absolute atomic E-state index is 14.0. The fraction of sp³-hybridized carbons (Fsp3) is 0.286. The molecule has 0 radical (unpaired) electrons. The summed E-state index contributed by atoms with van der Waals surface area (Å²) in [6.45, 7) is 2.34. The van der Waals surface area contributed by atoms with Gasteiger partial charge in [0.2, 0.25) is 11.7 Å². The fourth-order valence-electron chi connectivity index (χ4n) is 5.02. The molecule has 2 aliphatic heterocycles. The quantitative estimate of drug-likeness (QED) is 0.423. The first-order chi connectivity index (χ1) is 18.0. The van der Waals surface area contributed by atoms with E-state index >= 15 is 0 Å². The molecule has 2 aliphatic rings. The molecule has 5 rings (SSSR count). The van der Waals surface area contributed by atoms with Crippen LogP contribution in [0.2, 0.25) is 0 Å². The molecule has 3 aromatic carbocycles. The van der Waals surface area contributed by atoms with Gasteiger partial charge in [0.05, 0.1) is 39.3 Å². The smallest absolute Gasteiger partial charge is 0.266 e. The molecule has 2 amide bonds. The van der Waals surface area contributed by atoms with Crippen molar-refractivity contribution in [2.24, 2.45) is 5.92 Å². The number of rotatable bonds is 8. The van der Waals surface area contributed by atoms with Crippen LogP contribution in [-0.2, 0) is 14.4 Å². The maximum atomic E-state index is 14.0. The summed E-state index contributed by atoms with van der Waals surface area (Å²) in [5.74, 6) is 0.188. The molecule has 192 valence electrons. The summed E-state index contributed by atoms with van der Waals surface area (Å²) in [6, 6.07) is 19.1. The lowest BCUT2D eigenvalue weighted by molar-refractivity contribution is -0.126. The zero-order valence-electron chi connectivity index (χ0n) is 21.0. The van der Waals surface area contributed by atoms with E-state index in [2.05, 4.69) is 0 Å². The Bertz CT molecular complexity index is 1310. The fourth-order valence-corrected chi connectivity index (χ4v) is 5.02. The van der Waals surface area contributed by atoms with Crippen LogP contribution < -0.4 is 28.9 Å². The summed E-state index contributed by atoms with van der Waals surface area (Å²) in [6.07, 6.45) is -1.02. The molecule has 0 N–H and O–H groups in total. The van der Waals surface area contributed by atoms with E-state index in [1.54, 1.807) is 35.4 Å². The number of hydroxylamine groups is 1. The van der Waals surface area contributed by atoms with Crippen molar-refractivity contribution in [2.45, 2.75) is 19.1 Å². The van der Waals surface area contributed by atoms with Crippen LogP contribution in [0.1, 0.15) is 18.5 Å². The minimum Gasteiger partial charge on any atom is -0.494 e. The summed E-state index contributed by atoms with van der Waals surface area (Å²) >= 11 is 0. The summed E-state index contributed by atoms with van der Waals surface area (Å²) < 4.78 is 22.4. The SMILES string of the molecule is CCOc1cccc(N2C(=O)[C@H]3[C@H](ON(c4ccccc4)[C@@H]3c3ccc(OC)c(OC)c3OC)C2=O)c1. The van der Waals surface area contributed by atoms with E-state index in [0.717, 1.165) is 0 Å². The van der Waals surface area contributed by atoms with Gasteiger partial charge in [-0.2, -0.15) is 0 Å². The van der Waals surface area contributed by atoms with Gasteiger partial charge in [-0.15, -0.1) is 0 Å². The average molecular weight is 505 g/mol. The molecule has 0 unspecified atom stereocenters. The Morgan fingerprint density at radius 2 is 1.54 bits per heavy atom. The molecular formula is C28H28N2O7. The van der Waals surface area contributed by atoms with Crippen LogP contribution in [0.25, 0.3) is 0 Å². The van der Waals surface area contributed by atoms with Gasteiger partial charge in [0, 0.05) is 11.6 Å². The minimum absolute atomic E-state index is 0.371. The zero-order chi connectivity index (χ0) is 26.1. The van der Waals surface area contributed by atoms with Gasteiger partial charge in [0.25, 0.3) is 5.91 Å². The average Bonchev–Trinajstić information content (AvgIpc) is 3.43. The van der Waals surface area contributed by atoms with Gasteiger partial charge in [0.1, 0.15) is 17.7 Å². The van der Waals surface area contributed by atoms with E-state index in [9.17, 15) is 9.59 Å². The molecule has 0 aliphatic carbocycles. The molecule has 0 aromatic heterocycles. The van der Waals surface area contributed by atoms with E-state index in [4.69, 9.17) is 23.8 Å². The lowest BCUT2D eigenvalue weighted by atomic mass is 9.89. The Morgan fingerprint density at radius 3 is 2.22 bits per heavy atom. The lowest BCUT2D eigenvalue weighted by Gasteiger charge is -2.30. The van der Waals surface area contributed by atoms with Crippen molar-refractivity contribution < 1.29 is 33.4 Å². The first kappa shape index (κ1) is 24.5. The van der Waals surface area contributed by atoms with Gasteiger partial charge in [-0.25, -0.2) is 9.96 Å². The van der Waals surface area contributed by atoms with Crippen LogP contribution in [0.4, 0.5) is 11.4 Å². The number of hydrogen-bond donors (Lipinski definition) is 0. The Morgan fingerprint density at radius 1 is 0.811 bits per heavy atom. The number of methoxy groups -OCH3 is 3. The van der Waals surface area contributed by atoms with Crippen LogP contribution in [0, 0.1) is 5.92 Å². The molecular weight excluding hydrogens is 476 g/mol. The second-order valence-electron chi connectivity index (χ2n) is 8.52. The first-order valence-electron chi connectivity index (χ1n) is 11.9. The van der Waals surface area contributed by atoms with E-state index < -0.39 is 24.0 Å². The molecule has 2 saturated heterocycles.